The van der Waals surface area contributed by atoms with Crippen molar-refractivity contribution in [1.29, 1.82) is 0 Å². The summed E-state index contributed by atoms with van der Waals surface area (Å²) in [5, 5.41) is 85.9. The van der Waals surface area contributed by atoms with Crippen molar-refractivity contribution >= 4 is 5.78 Å². The summed E-state index contributed by atoms with van der Waals surface area (Å²) in [4.78, 5) is 14.5. The molecule has 13 unspecified atom stereocenters. The number of hydrogen-bond acceptors (Lipinski definition) is 11. The van der Waals surface area contributed by atoms with Crippen LogP contribution < -0.4 is 4.74 Å². The van der Waals surface area contributed by atoms with Gasteiger partial charge in [-0.15, -0.1) is 0 Å². The highest BCUT2D eigenvalue weighted by Crippen LogP contribution is 2.72. The van der Waals surface area contributed by atoms with E-state index in [0.29, 0.717) is 24.8 Å². The minimum Gasteiger partial charge on any atom is -0.504 e. The number of benzene rings is 1. The SMILES string of the molecule is CC(C)=CCC(O)C(C)(O)C1C(O)CC2(C)C3CCc4cc(O)c(OC5OC(CO)C(O)C(O)C5O)cc4C3(C)C(=O)CC12C. The van der Waals surface area contributed by atoms with Gasteiger partial charge in [0.1, 0.15) is 30.2 Å². The van der Waals surface area contributed by atoms with Gasteiger partial charge in [0, 0.05) is 12.3 Å². The summed E-state index contributed by atoms with van der Waals surface area (Å²) in [6, 6.07) is 3.08. The molecule has 11 nitrogen and oxygen atoms in total. The second-order valence-electron chi connectivity index (χ2n) is 15.0. The van der Waals surface area contributed by atoms with Gasteiger partial charge in [-0.25, -0.2) is 0 Å². The van der Waals surface area contributed by atoms with Crippen molar-refractivity contribution in [1.82, 2.24) is 0 Å². The number of carbonyl (C=O) groups excluding carboxylic acids is 1. The maximum Gasteiger partial charge on any atom is 0.229 e. The zero-order valence-electron chi connectivity index (χ0n) is 27.0. The fraction of sp³-hybridized carbons (Fsp3) is 0.735. The van der Waals surface area contributed by atoms with Gasteiger partial charge < -0.3 is 50.3 Å². The van der Waals surface area contributed by atoms with Crippen LogP contribution in [0.3, 0.4) is 0 Å². The lowest BCUT2D eigenvalue weighted by Crippen LogP contribution is -2.64. The Morgan fingerprint density at radius 3 is 2.40 bits per heavy atom. The third-order valence-electron chi connectivity index (χ3n) is 12.2. The molecule has 8 N–H and O–H groups in total. The molecular formula is C34H50O11. The van der Waals surface area contributed by atoms with Gasteiger partial charge in [-0.3, -0.25) is 4.79 Å². The molecule has 0 spiro atoms. The van der Waals surface area contributed by atoms with E-state index in [1.165, 1.54) is 6.07 Å². The molecule has 11 heteroatoms. The van der Waals surface area contributed by atoms with Crippen LogP contribution in [0.25, 0.3) is 0 Å². The van der Waals surface area contributed by atoms with E-state index in [4.69, 9.17) is 9.47 Å². The van der Waals surface area contributed by atoms with E-state index < -0.39 is 77.3 Å². The molecule has 3 fully saturated rings. The Morgan fingerprint density at radius 1 is 1.11 bits per heavy atom. The topological polar surface area (TPSA) is 197 Å². The maximum atomic E-state index is 14.5. The number of phenolic OH excluding ortho intramolecular Hbond substituents is 1. The number of aromatic hydroxyl groups is 1. The first-order valence-electron chi connectivity index (χ1n) is 15.9. The van der Waals surface area contributed by atoms with Gasteiger partial charge in [0.25, 0.3) is 0 Å². The Morgan fingerprint density at radius 2 is 1.78 bits per heavy atom. The van der Waals surface area contributed by atoms with Crippen molar-refractivity contribution < 1.29 is 55.1 Å². The third-order valence-corrected chi connectivity index (χ3v) is 12.2. The molecule has 0 aromatic heterocycles. The first-order valence-corrected chi connectivity index (χ1v) is 15.9. The van der Waals surface area contributed by atoms with Gasteiger partial charge in [0.2, 0.25) is 6.29 Å². The van der Waals surface area contributed by atoms with Crippen LogP contribution in [0.15, 0.2) is 23.8 Å². The van der Waals surface area contributed by atoms with E-state index >= 15 is 0 Å². The Balaban J connectivity index is 1.51. The third kappa shape index (κ3) is 5.06. The number of carbonyl (C=O) groups is 1. The smallest absolute Gasteiger partial charge is 0.229 e. The minimum absolute atomic E-state index is 0.0486. The van der Waals surface area contributed by atoms with Crippen molar-refractivity contribution in [3.8, 4) is 11.5 Å². The minimum atomic E-state index is -1.69. The van der Waals surface area contributed by atoms with Gasteiger partial charge in [0.15, 0.2) is 11.5 Å². The van der Waals surface area contributed by atoms with Crippen LogP contribution in [-0.2, 0) is 21.4 Å². The first-order chi connectivity index (χ1) is 20.8. The van der Waals surface area contributed by atoms with Crippen LogP contribution in [-0.4, -0.2) is 102 Å². The largest absolute Gasteiger partial charge is 0.504 e. The Kier molecular flexibility index (Phi) is 8.80. The number of Topliss-reactive ketones (excluding diaryl/α,β-unsaturated/α-hetero) is 1. The van der Waals surface area contributed by atoms with Crippen molar-refractivity contribution in [2.75, 3.05) is 6.61 Å². The molecule has 1 heterocycles. The Bertz CT molecular complexity index is 1340. The average molecular weight is 635 g/mol. The quantitative estimate of drug-likeness (QED) is 0.201. The lowest BCUT2D eigenvalue weighted by atomic mass is 9.41. The molecule has 1 aromatic rings. The van der Waals surface area contributed by atoms with Crippen LogP contribution in [0.2, 0.25) is 0 Å². The monoisotopic (exact) mass is 634 g/mol. The highest BCUT2D eigenvalue weighted by atomic mass is 16.7. The molecular weight excluding hydrogens is 584 g/mol. The number of aryl methyl sites for hydroxylation is 1. The van der Waals surface area contributed by atoms with Gasteiger partial charge >= 0.3 is 0 Å². The lowest BCUT2D eigenvalue weighted by molar-refractivity contribution is -0.277. The van der Waals surface area contributed by atoms with E-state index in [1.54, 1.807) is 13.0 Å². The predicted molar refractivity (Wildman–Crippen MR) is 162 cm³/mol. The van der Waals surface area contributed by atoms with Crippen molar-refractivity contribution in [3.63, 3.8) is 0 Å². The number of ketones is 1. The fourth-order valence-electron chi connectivity index (χ4n) is 9.52. The predicted octanol–water partition coefficient (Wildman–Crippen LogP) is 1.23. The van der Waals surface area contributed by atoms with Gasteiger partial charge in [-0.1, -0.05) is 25.5 Å². The van der Waals surface area contributed by atoms with E-state index in [2.05, 4.69) is 6.92 Å². The molecule has 1 saturated heterocycles. The highest BCUT2D eigenvalue weighted by molar-refractivity contribution is 5.93. The molecule has 4 aliphatic rings. The second kappa shape index (κ2) is 11.6. The Labute approximate surface area is 264 Å². The normalized spacial score (nSPS) is 43.0. The zero-order valence-corrected chi connectivity index (χ0v) is 27.0. The number of fused-ring (bicyclic) bond motifs is 5. The molecule has 5 rings (SSSR count). The number of allylic oxidation sites excluding steroid dienone is 1. The molecule has 252 valence electrons. The second-order valence-corrected chi connectivity index (χ2v) is 15.0. The van der Waals surface area contributed by atoms with Crippen LogP contribution in [0, 0.1) is 22.7 Å². The standard InChI is InChI=1S/C34H50O11/c1-16(2)7-10-24(38)34(6,43)29-20(37)13-31(3)23-9-8-17-11-19(36)21(12-18(17)33(23,5)25(39)14-32(29,31)4)44-30-28(42)27(41)26(40)22(15-35)45-30/h7,11-12,20,22-24,26-30,35-38,40-43H,8-10,13-15H2,1-6H3. The molecule has 13 atom stereocenters. The van der Waals surface area contributed by atoms with Crippen LogP contribution in [0.4, 0.5) is 0 Å². The molecule has 3 aliphatic carbocycles. The highest BCUT2D eigenvalue weighted by Gasteiger charge is 2.73. The molecule has 1 aromatic carbocycles. The summed E-state index contributed by atoms with van der Waals surface area (Å²) in [6.07, 6.45) is -6.19. The lowest BCUT2D eigenvalue weighted by Gasteiger charge is -2.62. The number of hydrogen-bond donors (Lipinski definition) is 8. The van der Waals surface area contributed by atoms with Crippen molar-refractivity contribution in [2.24, 2.45) is 22.7 Å². The van der Waals surface area contributed by atoms with Crippen molar-refractivity contribution in [2.45, 2.75) is 128 Å². The fourth-order valence-corrected chi connectivity index (χ4v) is 9.52. The summed E-state index contributed by atoms with van der Waals surface area (Å²) in [5.74, 6) is -1.48. The van der Waals surface area contributed by atoms with Crippen molar-refractivity contribution in [3.05, 3.63) is 34.9 Å². The summed E-state index contributed by atoms with van der Waals surface area (Å²) in [6.45, 7) is 10.6. The molecule has 45 heavy (non-hydrogen) atoms. The summed E-state index contributed by atoms with van der Waals surface area (Å²) in [5.41, 5.74) is -1.79. The summed E-state index contributed by atoms with van der Waals surface area (Å²) >= 11 is 0. The molecule has 0 amide bonds. The van der Waals surface area contributed by atoms with E-state index in [1.807, 2.05) is 33.8 Å². The van der Waals surface area contributed by atoms with Crippen LogP contribution in [0.1, 0.15) is 78.4 Å². The number of ether oxygens (including phenoxy) is 2. The average Bonchev–Trinajstić information content (AvgIpc) is 3.17. The molecule has 2 saturated carbocycles. The van der Waals surface area contributed by atoms with Gasteiger partial charge in [-0.05, 0) is 93.4 Å². The van der Waals surface area contributed by atoms with E-state index in [-0.39, 0.29) is 36.0 Å². The molecule has 1 aliphatic heterocycles. The summed E-state index contributed by atoms with van der Waals surface area (Å²) in [7, 11) is 0. The first kappa shape index (κ1) is 34.3. The Hall–Kier alpha value is -2.09. The van der Waals surface area contributed by atoms with Crippen LogP contribution in [0.5, 0.6) is 11.5 Å². The van der Waals surface area contributed by atoms with Gasteiger partial charge in [-0.2, -0.15) is 0 Å². The zero-order chi connectivity index (χ0) is 33.4. The number of rotatable bonds is 7. The van der Waals surface area contributed by atoms with E-state index in [0.717, 1.165) is 11.1 Å². The number of aliphatic hydroxyl groups is 7. The maximum absolute atomic E-state index is 14.5. The molecule has 0 bridgehead atoms. The summed E-state index contributed by atoms with van der Waals surface area (Å²) < 4.78 is 11.3. The number of aliphatic hydroxyl groups excluding tert-OH is 6. The van der Waals surface area contributed by atoms with Crippen LogP contribution >= 0.6 is 0 Å². The molecule has 0 radical (unpaired) electrons. The van der Waals surface area contributed by atoms with Gasteiger partial charge in [0.05, 0.1) is 29.8 Å². The van der Waals surface area contributed by atoms with E-state index in [9.17, 15) is 45.6 Å². The number of phenols is 1.